The van der Waals surface area contributed by atoms with Crippen LogP contribution < -0.4 is 4.90 Å². The van der Waals surface area contributed by atoms with E-state index in [4.69, 9.17) is 27.9 Å². The minimum Gasteiger partial charge on any atom is -0.452 e. The van der Waals surface area contributed by atoms with Crippen LogP contribution in [0.1, 0.15) is 10.4 Å². The zero-order valence-corrected chi connectivity index (χ0v) is 15.8. The molecule has 0 aromatic heterocycles. The molecule has 1 aliphatic rings. The number of benzene rings is 2. The molecule has 27 heavy (non-hydrogen) atoms. The summed E-state index contributed by atoms with van der Waals surface area (Å²) < 4.78 is 18.5. The molecular formula is C19H17Cl2FN2O3. The van der Waals surface area contributed by atoms with Crippen molar-refractivity contribution in [2.24, 2.45) is 0 Å². The van der Waals surface area contributed by atoms with E-state index in [1.807, 2.05) is 30.3 Å². The van der Waals surface area contributed by atoms with Gasteiger partial charge in [0.2, 0.25) is 0 Å². The Hall–Kier alpha value is -2.31. The number of piperazine rings is 1. The minimum absolute atomic E-state index is 0.0321. The minimum atomic E-state index is -0.869. The van der Waals surface area contributed by atoms with Gasteiger partial charge in [0.1, 0.15) is 5.82 Å². The predicted octanol–water partition coefficient (Wildman–Crippen LogP) is 3.64. The van der Waals surface area contributed by atoms with E-state index in [1.165, 1.54) is 0 Å². The molecule has 1 aliphatic heterocycles. The van der Waals surface area contributed by atoms with Gasteiger partial charge in [0.25, 0.3) is 5.91 Å². The summed E-state index contributed by atoms with van der Waals surface area (Å²) >= 11 is 11.5. The van der Waals surface area contributed by atoms with Crippen LogP contribution in [0, 0.1) is 5.82 Å². The molecule has 0 saturated carbocycles. The number of nitrogens with zero attached hydrogens (tertiary/aromatic N) is 2. The Morgan fingerprint density at radius 1 is 1.00 bits per heavy atom. The molecule has 1 amide bonds. The number of esters is 1. The van der Waals surface area contributed by atoms with Crippen molar-refractivity contribution in [2.45, 2.75) is 0 Å². The Morgan fingerprint density at radius 2 is 1.67 bits per heavy atom. The third-order valence-corrected chi connectivity index (χ3v) is 4.91. The SMILES string of the molecule is O=C(OCC(=O)N1CCN(c2ccccc2)CC1)c1cc(F)c(Cl)cc1Cl. The molecular weight excluding hydrogens is 394 g/mol. The number of carbonyl (C=O) groups excluding carboxylic acids is 2. The maximum atomic E-state index is 13.5. The van der Waals surface area contributed by atoms with Crippen LogP contribution in [-0.4, -0.2) is 49.6 Å². The second kappa shape index (κ2) is 8.59. The molecule has 1 heterocycles. The number of para-hydroxylation sites is 1. The first-order valence-electron chi connectivity index (χ1n) is 8.35. The average molecular weight is 411 g/mol. The number of halogens is 3. The van der Waals surface area contributed by atoms with Crippen LogP contribution in [0.5, 0.6) is 0 Å². The first kappa shape index (κ1) is 19.5. The summed E-state index contributed by atoms with van der Waals surface area (Å²) in [5, 5.41) is -0.223. The molecule has 3 rings (SSSR count). The van der Waals surface area contributed by atoms with Gasteiger partial charge >= 0.3 is 5.97 Å². The third-order valence-electron chi connectivity index (χ3n) is 4.31. The van der Waals surface area contributed by atoms with Gasteiger partial charge in [0.15, 0.2) is 6.61 Å². The number of anilines is 1. The van der Waals surface area contributed by atoms with Crippen LogP contribution in [0.2, 0.25) is 10.0 Å². The first-order chi connectivity index (χ1) is 13.0. The maximum absolute atomic E-state index is 13.5. The summed E-state index contributed by atoms with van der Waals surface area (Å²) in [6.07, 6.45) is 0. The Morgan fingerprint density at radius 3 is 2.33 bits per heavy atom. The van der Waals surface area contributed by atoms with Crippen LogP contribution in [-0.2, 0) is 9.53 Å². The fraction of sp³-hybridized carbons (Fsp3) is 0.263. The zero-order valence-electron chi connectivity index (χ0n) is 14.3. The van der Waals surface area contributed by atoms with E-state index >= 15 is 0 Å². The number of ether oxygens (including phenoxy) is 1. The summed E-state index contributed by atoms with van der Waals surface area (Å²) in [5.41, 5.74) is 0.940. The van der Waals surface area contributed by atoms with Crippen molar-refractivity contribution >= 4 is 40.8 Å². The van der Waals surface area contributed by atoms with Crippen molar-refractivity contribution in [3.8, 4) is 0 Å². The maximum Gasteiger partial charge on any atom is 0.340 e. The lowest BCUT2D eigenvalue weighted by Crippen LogP contribution is -2.49. The number of rotatable bonds is 4. The van der Waals surface area contributed by atoms with Gasteiger partial charge in [-0.1, -0.05) is 41.4 Å². The lowest BCUT2D eigenvalue weighted by molar-refractivity contribution is -0.134. The smallest absolute Gasteiger partial charge is 0.340 e. The van der Waals surface area contributed by atoms with Gasteiger partial charge in [0, 0.05) is 31.9 Å². The number of hydrogen-bond acceptors (Lipinski definition) is 4. The monoisotopic (exact) mass is 410 g/mol. The van der Waals surface area contributed by atoms with Crippen molar-refractivity contribution in [3.05, 3.63) is 63.9 Å². The number of hydrogen-bond donors (Lipinski definition) is 0. The van der Waals surface area contributed by atoms with E-state index in [9.17, 15) is 14.0 Å². The van der Waals surface area contributed by atoms with Crippen molar-refractivity contribution in [1.29, 1.82) is 0 Å². The Balaban J connectivity index is 1.51. The summed E-state index contributed by atoms with van der Waals surface area (Å²) in [5.74, 6) is -1.95. The highest BCUT2D eigenvalue weighted by Crippen LogP contribution is 2.25. The molecule has 0 spiro atoms. The average Bonchev–Trinajstić information content (AvgIpc) is 2.69. The lowest BCUT2D eigenvalue weighted by atomic mass is 10.2. The van der Waals surface area contributed by atoms with E-state index in [2.05, 4.69) is 4.90 Å². The third kappa shape index (κ3) is 4.70. The largest absolute Gasteiger partial charge is 0.452 e. The van der Waals surface area contributed by atoms with Gasteiger partial charge in [-0.05, 0) is 24.3 Å². The Labute approximate surface area is 166 Å². The highest BCUT2D eigenvalue weighted by Gasteiger charge is 2.23. The van der Waals surface area contributed by atoms with Gasteiger partial charge in [-0.2, -0.15) is 0 Å². The summed E-state index contributed by atoms with van der Waals surface area (Å²) in [6.45, 7) is 2.02. The van der Waals surface area contributed by atoms with Gasteiger partial charge in [-0.25, -0.2) is 9.18 Å². The van der Waals surface area contributed by atoms with E-state index in [0.29, 0.717) is 26.2 Å². The van der Waals surface area contributed by atoms with Crippen LogP contribution in [0.15, 0.2) is 42.5 Å². The molecule has 8 heteroatoms. The first-order valence-corrected chi connectivity index (χ1v) is 9.10. The van der Waals surface area contributed by atoms with Gasteiger partial charge in [-0.15, -0.1) is 0 Å². The fourth-order valence-corrected chi connectivity index (χ4v) is 3.29. The molecule has 5 nitrogen and oxygen atoms in total. The van der Waals surface area contributed by atoms with Crippen LogP contribution in [0.25, 0.3) is 0 Å². The second-order valence-electron chi connectivity index (χ2n) is 6.03. The van der Waals surface area contributed by atoms with Crippen molar-refractivity contribution in [1.82, 2.24) is 4.90 Å². The van der Waals surface area contributed by atoms with Crippen molar-refractivity contribution < 1.29 is 18.7 Å². The quantitative estimate of drug-likeness (QED) is 0.570. The Bertz CT molecular complexity index is 840. The molecule has 142 valence electrons. The lowest BCUT2D eigenvalue weighted by Gasteiger charge is -2.36. The standard InChI is InChI=1S/C19H17Cl2FN2O3/c20-15-11-16(21)17(22)10-14(15)19(26)27-12-18(25)24-8-6-23(7-9-24)13-4-2-1-3-5-13/h1-5,10-11H,6-9,12H2. The molecule has 0 N–H and O–H groups in total. The summed E-state index contributed by atoms with van der Waals surface area (Å²) in [6, 6.07) is 12.0. The highest BCUT2D eigenvalue weighted by atomic mass is 35.5. The summed E-state index contributed by atoms with van der Waals surface area (Å²) in [4.78, 5) is 28.2. The van der Waals surface area contributed by atoms with E-state index < -0.39 is 18.4 Å². The second-order valence-corrected chi connectivity index (χ2v) is 6.84. The molecule has 0 radical (unpaired) electrons. The van der Waals surface area contributed by atoms with Crippen LogP contribution in [0.4, 0.5) is 10.1 Å². The molecule has 0 aliphatic carbocycles. The van der Waals surface area contributed by atoms with E-state index in [-0.39, 0.29) is 21.5 Å². The molecule has 0 unspecified atom stereocenters. The zero-order chi connectivity index (χ0) is 19.4. The molecule has 2 aromatic rings. The van der Waals surface area contributed by atoms with Gasteiger partial charge in [-0.3, -0.25) is 4.79 Å². The van der Waals surface area contributed by atoms with Crippen LogP contribution >= 0.6 is 23.2 Å². The topological polar surface area (TPSA) is 49.9 Å². The molecule has 0 bridgehead atoms. The Kier molecular flexibility index (Phi) is 6.19. The number of carbonyl (C=O) groups is 2. The van der Waals surface area contributed by atoms with E-state index in [1.54, 1.807) is 4.90 Å². The molecule has 2 aromatic carbocycles. The van der Waals surface area contributed by atoms with Crippen molar-refractivity contribution in [3.63, 3.8) is 0 Å². The summed E-state index contributed by atoms with van der Waals surface area (Å²) in [7, 11) is 0. The van der Waals surface area contributed by atoms with Gasteiger partial charge in [0.05, 0.1) is 15.6 Å². The molecule has 0 atom stereocenters. The predicted molar refractivity (Wildman–Crippen MR) is 102 cm³/mol. The van der Waals surface area contributed by atoms with Crippen LogP contribution in [0.3, 0.4) is 0 Å². The number of amides is 1. The van der Waals surface area contributed by atoms with Gasteiger partial charge < -0.3 is 14.5 Å². The fourth-order valence-electron chi connectivity index (χ4n) is 2.83. The molecule has 1 saturated heterocycles. The normalized spacial score (nSPS) is 14.2. The highest BCUT2D eigenvalue weighted by molar-refractivity contribution is 6.36. The van der Waals surface area contributed by atoms with E-state index in [0.717, 1.165) is 17.8 Å². The van der Waals surface area contributed by atoms with Crippen molar-refractivity contribution in [2.75, 3.05) is 37.7 Å². The molecule has 1 fully saturated rings.